The largest absolute Gasteiger partial charge is 0.352 e. The van der Waals surface area contributed by atoms with E-state index in [4.69, 9.17) is 0 Å². The fourth-order valence-electron chi connectivity index (χ4n) is 2.91. The van der Waals surface area contributed by atoms with Crippen molar-refractivity contribution in [1.82, 2.24) is 10.2 Å². The molecule has 0 aromatic heterocycles. The number of likely N-dealkylation sites (tertiary alicyclic amines) is 1. The van der Waals surface area contributed by atoms with Crippen LogP contribution in [0.15, 0.2) is 12.7 Å². The second-order valence-electron chi connectivity index (χ2n) is 4.74. The summed E-state index contributed by atoms with van der Waals surface area (Å²) in [7, 11) is 0. The Bertz CT molecular complexity index is 240. The van der Waals surface area contributed by atoms with Crippen LogP contribution in [0.2, 0.25) is 0 Å². The van der Waals surface area contributed by atoms with Gasteiger partial charge in [0, 0.05) is 19.6 Å². The first-order valence-electron chi connectivity index (χ1n) is 5.89. The third-order valence-electron chi connectivity index (χ3n) is 3.61. The molecule has 84 valence electrons. The molecular formula is C12H20N2O. The number of rotatable bonds is 4. The average molecular weight is 208 g/mol. The molecule has 1 aliphatic carbocycles. The van der Waals surface area contributed by atoms with Crippen molar-refractivity contribution in [3.63, 3.8) is 0 Å². The smallest absolute Gasteiger partial charge is 0.234 e. The van der Waals surface area contributed by atoms with Gasteiger partial charge in [0.2, 0.25) is 5.91 Å². The molecular weight excluding hydrogens is 188 g/mol. The van der Waals surface area contributed by atoms with E-state index in [1.165, 1.54) is 19.3 Å². The summed E-state index contributed by atoms with van der Waals surface area (Å²) in [6.45, 7) is 7.00. The summed E-state index contributed by atoms with van der Waals surface area (Å²) in [5.41, 5.74) is 0. The van der Waals surface area contributed by atoms with Crippen molar-refractivity contribution in [2.75, 3.05) is 26.2 Å². The molecule has 2 aliphatic rings. The van der Waals surface area contributed by atoms with Crippen molar-refractivity contribution >= 4 is 5.91 Å². The molecule has 0 radical (unpaired) electrons. The topological polar surface area (TPSA) is 32.3 Å². The normalized spacial score (nSPS) is 30.1. The van der Waals surface area contributed by atoms with Crippen molar-refractivity contribution in [3.05, 3.63) is 12.7 Å². The molecule has 2 atom stereocenters. The fraction of sp³-hybridized carbons (Fsp3) is 0.750. The van der Waals surface area contributed by atoms with Crippen molar-refractivity contribution in [2.45, 2.75) is 19.3 Å². The van der Waals surface area contributed by atoms with Gasteiger partial charge >= 0.3 is 0 Å². The molecule has 2 unspecified atom stereocenters. The van der Waals surface area contributed by atoms with Gasteiger partial charge in [-0.3, -0.25) is 9.69 Å². The van der Waals surface area contributed by atoms with E-state index in [9.17, 15) is 4.79 Å². The Morgan fingerprint density at radius 3 is 2.67 bits per heavy atom. The average Bonchev–Trinajstić information content (AvgIpc) is 2.74. The maximum atomic E-state index is 11.5. The Kier molecular flexibility index (Phi) is 3.41. The first-order valence-corrected chi connectivity index (χ1v) is 5.89. The maximum absolute atomic E-state index is 11.5. The molecule has 1 aliphatic heterocycles. The van der Waals surface area contributed by atoms with Crippen LogP contribution in [0.25, 0.3) is 0 Å². The number of hydrogen-bond acceptors (Lipinski definition) is 2. The van der Waals surface area contributed by atoms with Crippen molar-refractivity contribution in [1.29, 1.82) is 0 Å². The monoisotopic (exact) mass is 208 g/mol. The Labute approximate surface area is 91.5 Å². The minimum Gasteiger partial charge on any atom is -0.352 e. The summed E-state index contributed by atoms with van der Waals surface area (Å²) < 4.78 is 0. The standard InChI is InChI=1S/C12H20N2O/c1-2-6-13-12(15)9-14-7-10-4-3-5-11(10)8-14/h2,10-11H,1,3-9H2,(H,13,15). The van der Waals surface area contributed by atoms with Crippen LogP contribution in [0.1, 0.15) is 19.3 Å². The van der Waals surface area contributed by atoms with Gasteiger partial charge in [0.05, 0.1) is 6.54 Å². The molecule has 1 amide bonds. The third-order valence-corrected chi connectivity index (χ3v) is 3.61. The molecule has 3 heteroatoms. The summed E-state index contributed by atoms with van der Waals surface area (Å²) in [6.07, 6.45) is 5.85. The zero-order valence-corrected chi connectivity index (χ0v) is 9.24. The second kappa shape index (κ2) is 4.79. The SMILES string of the molecule is C=CCNC(=O)CN1CC2CCCC2C1. The highest BCUT2D eigenvalue weighted by atomic mass is 16.2. The Morgan fingerprint density at radius 1 is 1.40 bits per heavy atom. The van der Waals surface area contributed by atoms with E-state index < -0.39 is 0 Å². The van der Waals surface area contributed by atoms with Crippen molar-refractivity contribution < 1.29 is 4.79 Å². The van der Waals surface area contributed by atoms with Gasteiger partial charge in [0.15, 0.2) is 0 Å². The molecule has 15 heavy (non-hydrogen) atoms. The summed E-state index contributed by atoms with van der Waals surface area (Å²) in [4.78, 5) is 13.8. The van der Waals surface area contributed by atoms with Gasteiger partial charge in [-0.15, -0.1) is 6.58 Å². The minimum absolute atomic E-state index is 0.134. The second-order valence-corrected chi connectivity index (χ2v) is 4.74. The van der Waals surface area contributed by atoms with Gasteiger partial charge in [0.25, 0.3) is 0 Å². The van der Waals surface area contributed by atoms with Crippen LogP contribution in [-0.2, 0) is 4.79 Å². The Morgan fingerprint density at radius 2 is 2.07 bits per heavy atom. The molecule has 1 N–H and O–H groups in total. The number of fused-ring (bicyclic) bond motifs is 1. The van der Waals surface area contributed by atoms with E-state index in [0.29, 0.717) is 13.1 Å². The van der Waals surface area contributed by atoms with E-state index >= 15 is 0 Å². The predicted octanol–water partition coefficient (Wildman–Crippen LogP) is 1.02. The first-order chi connectivity index (χ1) is 7.29. The van der Waals surface area contributed by atoms with E-state index in [0.717, 1.165) is 24.9 Å². The number of carbonyl (C=O) groups is 1. The molecule has 3 nitrogen and oxygen atoms in total. The zero-order valence-electron chi connectivity index (χ0n) is 9.24. The highest BCUT2D eigenvalue weighted by Crippen LogP contribution is 2.37. The number of nitrogens with zero attached hydrogens (tertiary/aromatic N) is 1. The molecule has 0 spiro atoms. The highest BCUT2D eigenvalue weighted by Gasteiger charge is 2.36. The van der Waals surface area contributed by atoms with Gasteiger partial charge in [0.1, 0.15) is 0 Å². The lowest BCUT2D eigenvalue weighted by Gasteiger charge is -2.15. The van der Waals surface area contributed by atoms with E-state index in [2.05, 4.69) is 16.8 Å². The lowest BCUT2D eigenvalue weighted by atomic mass is 10.0. The summed E-state index contributed by atoms with van der Waals surface area (Å²) >= 11 is 0. The summed E-state index contributed by atoms with van der Waals surface area (Å²) in [5, 5.41) is 2.83. The van der Waals surface area contributed by atoms with Crippen LogP contribution in [0.5, 0.6) is 0 Å². The Hall–Kier alpha value is -0.830. The van der Waals surface area contributed by atoms with Gasteiger partial charge in [-0.05, 0) is 24.7 Å². The van der Waals surface area contributed by atoms with Crippen LogP contribution in [0.3, 0.4) is 0 Å². The van der Waals surface area contributed by atoms with Gasteiger partial charge < -0.3 is 5.32 Å². The van der Waals surface area contributed by atoms with Crippen LogP contribution in [0, 0.1) is 11.8 Å². The third kappa shape index (κ3) is 2.59. The maximum Gasteiger partial charge on any atom is 0.234 e. The van der Waals surface area contributed by atoms with Crippen LogP contribution in [-0.4, -0.2) is 37.0 Å². The van der Waals surface area contributed by atoms with Crippen LogP contribution >= 0.6 is 0 Å². The van der Waals surface area contributed by atoms with Gasteiger partial charge in [-0.2, -0.15) is 0 Å². The molecule has 0 aromatic carbocycles. The predicted molar refractivity (Wildman–Crippen MR) is 60.5 cm³/mol. The van der Waals surface area contributed by atoms with Crippen LogP contribution < -0.4 is 5.32 Å². The molecule has 1 saturated heterocycles. The first kappa shape index (κ1) is 10.7. The zero-order chi connectivity index (χ0) is 10.7. The minimum atomic E-state index is 0.134. The molecule has 1 heterocycles. The molecule has 0 aromatic rings. The molecule has 2 fully saturated rings. The van der Waals surface area contributed by atoms with Crippen LogP contribution in [0.4, 0.5) is 0 Å². The lowest BCUT2D eigenvalue weighted by molar-refractivity contribution is -0.121. The number of carbonyl (C=O) groups excluding carboxylic acids is 1. The highest BCUT2D eigenvalue weighted by molar-refractivity contribution is 5.78. The summed E-state index contributed by atoms with van der Waals surface area (Å²) in [5.74, 6) is 1.88. The number of amides is 1. The van der Waals surface area contributed by atoms with Gasteiger partial charge in [-0.25, -0.2) is 0 Å². The van der Waals surface area contributed by atoms with E-state index in [-0.39, 0.29) is 5.91 Å². The van der Waals surface area contributed by atoms with Crippen molar-refractivity contribution in [3.8, 4) is 0 Å². The van der Waals surface area contributed by atoms with E-state index in [1.807, 2.05) is 0 Å². The molecule has 2 rings (SSSR count). The summed E-state index contributed by atoms with van der Waals surface area (Å²) in [6, 6.07) is 0. The van der Waals surface area contributed by atoms with Crippen molar-refractivity contribution in [2.24, 2.45) is 11.8 Å². The lowest BCUT2D eigenvalue weighted by Crippen LogP contribution is -2.36. The molecule has 0 bridgehead atoms. The number of nitrogens with one attached hydrogen (secondary N) is 1. The fourth-order valence-corrected chi connectivity index (χ4v) is 2.91. The number of hydrogen-bond donors (Lipinski definition) is 1. The quantitative estimate of drug-likeness (QED) is 0.700. The van der Waals surface area contributed by atoms with E-state index in [1.54, 1.807) is 6.08 Å². The molecule has 1 saturated carbocycles. The Balaban J connectivity index is 1.72. The van der Waals surface area contributed by atoms with Gasteiger partial charge in [-0.1, -0.05) is 12.5 Å².